The van der Waals surface area contributed by atoms with Crippen LogP contribution < -0.4 is 0 Å². The van der Waals surface area contributed by atoms with E-state index in [2.05, 4.69) is 4.98 Å². The summed E-state index contributed by atoms with van der Waals surface area (Å²) in [4.78, 5) is 16.8. The minimum Gasteiger partial charge on any atom is -0.481 e. The average Bonchev–Trinajstić information content (AvgIpc) is 2.77. The number of imidazole rings is 1. The summed E-state index contributed by atoms with van der Waals surface area (Å²) in [6.45, 7) is 1.09. The molecule has 6 heteroatoms. The lowest BCUT2D eigenvalue weighted by Crippen LogP contribution is -2.25. The van der Waals surface area contributed by atoms with Crippen LogP contribution in [0.4, 0.5) is 0 Å². The first-order chi connectivity index (χ1) is 9.47. The van der Waals surface area contributed by atoms with Gasteiger partial charge in [0.05, 0.1) is 29.2 Å². The third kappa shape index (κ3) is 3.49. The summed E-state index contributed by atoms with van der Waals surface area (Å²) in [6, 6.07) is 5.98. The summed E-state index contributed by atoms with van der Waals surface area (Å²) in [5.74, 6) is -0.794. The van der Waals surface area contributed by atoms with Gasteiger partial charge >= 0.3 is 5.97 Å². The minimum atomic E-state index is -0.794. The Balaban J connectivity index is 2.03. The molecule has 20 heavy (non-hydrogen) atoms. The van der Waals surface area contributed by atoms with E-state index >= 15 is 0 Å². The van der Waals surface area contributed by atoms with Crippen molar-refractivity contribution in [1.82, 2.24) is 14.5 Å². The number of aliphatic carboxylic acids is 1. The summed E-state index contributed by atoms with van der Waals surface area (Å²) < 4.78 is 1.96. The predicted molar refractivity (Wildman–Crippen MR) is 79.1 cm³/mol. The lowest BCUT2D eigenvalue weighted by molar-refractivity contribution is -0.137. The van der Waals surface area contributed by atoms with Crippen molar-refractivity contribution in [2.75, 3.05) is 20.1 Å². The number of fused-ring (bicyclic) bond motifs is 1. The molecule has 0 aliphatic heterocycles. The molecule has 0 aliphatic rings. The first kappa shape index (κ1) is 14.8. The molecule has 1 aromatic carbocycles. The molecule has 2 aromatic rings. The van der Waals surface area contributed by atoms with E-state index in [9.17, 15) is 4.79 Å². The average molecular weight is 296 g/mol. The highest BCUT2D eigenvalue weighted by atomic mass is 35.5. The minimum absolute atomic E-state index is 0.124. The zero-order valence-corrected chi connectivity index (χ0v) is 12.3. The highest BCUT2D eigenvalue weighted by Crippen LogP contribution is 2.24. The number of aromatic nitrogens is 2. The molecule has 1 atom stereocenters. The van der Waals surface area contributed by atoms with Crippen LogP contribution in [0.1, 0.15) is 17.4 Å². The number of carboxylic acids is 1. The number of aryl methyl sites for hydroxylation is 1. The molecular weight excluding hydrogens is 278 g/mol. The third-order valence-electron chi connectivity index (χ3n) is 3.29. The van der Waals surface area contributed by atoms with Gasteiger partial charge in [0, 0.05) is 20.1 Å². The van der Waals surface area contributed by atoms with Gasteiger partial charge in [0.15, 0.2) is 0 Å². The van der Waals surface area contributed by atoms with Gasteiger partial charge < -0.3 is 14.6 Å². The fraction of sp³-hybridized carbons (Fsp3) is 0.429. The summed E-state index contributed by atoms with van der Waals surface area (Å²) >= 11 is 6.40. The van der Waals surface area contributed by atoms with Gasteiger partial charge in [-0.1, -0.05) is 6.07 Å². The monoisotopic (exact) mass is 295 g/mol. The van der Waals surface area contributed by atoms with E-state index in [-0.39, 0.29) is 11.8 Å². The molecule has 0 fully saturated rings. The van der Waals surface area contributed by atoms with Crippen LogP contribution in [-0.2, 0) is 11.8 Å². The van der Waals surface area contributed by atoms with E-state index in [0.29, 0.717) is 13.1 Å². The van der Waals surface area contributed by atoms with Gasteiger partial charge in [-0.2, -0.15) is 0 Å². The van der Waals surface area contributed by atoms with E-state index in [1.54, 1.807) is 6.33 Å². The number of halogens is 1. The SMILES string of the molecule is CN(CCC(=O)O)CC(Cl)c1ccc2c(c1)ncn2C. The highest BCUT2D eigenvalue weighted by Gasteiger charge is 2.13. The van der Waals surface area contributed by atoms with Crippen LogP contribution in [0.3, 0.4) is 0 Å². The van der Waals surface area contributed by atoms with Crippen molar-refractivity contribution in [2.45, 2.75) is 11.8 Å². The second kappa shape index (κ2) is 6.24. The van der Waals surface area contributed by atoms with Crippen LogP contribution in [0, 0.1) is 0 Å². The number of likely N-dealkylation sites (N-methyl/N-ethyl adjacent to an activating group) is 1. The number of benzene rings is 1. The molecule has 1 unspecified atom stereocenters. The van der Waals surface area contributed by atoms with Gasteiger partial charge in [-0.25, -0.2) is 4.98 Å². The van der Waals surface area contributed by atoms with Crippen LogP contribution >= 0.6 is 11.6 Å². The van der Waals surface area contributed by atoms with Gasteiger partial charge in [-0.15, -0.1) is 11.6 Å². The third-order valence-corrected chi connectivity index (χ3v) is 3.68. The van der Waals surface area contributed by atoms with Crippen LogP contribution in [0.25, 0.3) is 11.0 Å². The number of rotatable bonds is 6. The normalized spacial score (nSPS) is 13.0. The smallest absolute Gasteiger partial charge is 0.304 e. The lowest BCUT2D eigenvalue weighted by atomic mass is 10.1. The zero-order chi connectivity index (χ0) is 14.7. The molecule has 0 bridgehead atoms. The van der Waals surface area contributed by atoms with Gasteiger partial charge in [-0.3, -0.25) is 4.79 Å². The van der Waals surface area contributed by atoms with Crippen molar-refractivity contribution in [1.29, 1.82) is 0 Å². The molecule has 108 valence electrons. The van der Waals surface area contributed by atoms with E-state index in [1.807, 2.05) is 41.8 Å². The van der Waals surface area contributed by atoms with Crippen molar-refractivity contribution < 1.29 is 9.90 Å². The molecule has 5 nitrogen and oxygen atoms in total. The molecule has 0 aliphatic carbocycles. The van der Waals surface area contributed by atoms with Gasteiger partial charge in [0.1, 0.15) is 0 Å². The fourth-order valence-electron chi connectivity index (χ4n) is 2.10. The van der Waals surface area contributed by atoms with E-state index in [1.165, 1.54) is 0 Å². The number of hydrogen-bond acceptors (Lipinski definition) is 3. The van der Waals surface area contributed by atoms with Crippen LogP contribution in [0.5, 0.6) is 0 Å². The molecule has 0 saturated heterocycles. The van der Waals surface area contributed by atoms with Crippen LogP contribution in [-0.4, -0.2) is 45.7 Å². The molecule has 0 amide bonds. The molecule has 2 rings (SSSR count). The molecular formula is C14H18ClN3O2. The fourth-order valence-corrected chi connectivity index (χ4v) is 2.48. The first-order valence-corrected chi connectivity index (χ1v) is 6.86. The van der Waals surface area contributed by atoms with Gasteiger partial charge in [0.2, 0.25) is 0 Å². The van der Waals surface area contributed by atoms with E-state index in [4.69, 9.17) is 16.7 Å². The van der Waals surface area contributed by atoms with Crippen molar-refractivity contribution in [2.24, 2.45) is 7.05 Å². The van der Waals surface area contributed by atoms with E-state index in [0.717, 1.165) is 16.6 Å². The standard InChI is InChI=1S/C14H18ClN3O2/c1-17(6-5-14(19)20)8-11(15)10-3-4-13-12(7-10)16-9-18(13)2/h3-4,7,9,11H,5-6,8H2,1-2H3,(H,19,20). The predicted octanol–water partition coefficient (Wildman–Crippen LogP) is 2.26. The Hall–Kier alpha value is -1.59. The Morgan fingerprint density at radius 2 is 2.30 bits per heavy atom. The molecule has 0 radical (unpaired) electrons. The topological polar surface area (TPSA) is 58.4 Å². The zero-order valence-electron chi connectivity index (χ0n) is 11.6. The van der Waals surface area contributed by atoms with Crippen molar-refractivity contribution in [3.63, 3.8) is 0 Å². The number of alkyl halides is 1. The molecule has 0 saturated carbocycles. The van der Waals surface area contributed by atoms with E-state index < -0.39 is 5.97 Å². The second-order valence-electron chi connectivity index (χ2n) is 4.98. The maximum atomic E-state index is 10.5. The Morgan fingerprint density at radius 1 is 1.55 bits per heavy atom. The highest BCUT2D eigenvalue weighted by molar-refractivity contribution is 6.21. The largest absolute Gasteiger partial charge is 0.481 e. The Kier molecular flexibility index (Phi) is 4.62. The summed E-state index contributed by atoms with van der Waals surface area (Å²) in [5, 5.41) is 8.48. The van der Waals surface area contributed by atoms with Crippen molar-refractivity contribution >= 4 is 28.6 Å². The van der Waals surface area contributed by atoms with Crippen LogP contribution in [0.15, 0.2) is 24.5 Å². The van der Waals surface area contributed by atoms with Crippen molar-refractivity contribution in [3.05, 3.63) is 30.1 Å². The maximum absolute atomic E-state index is 10.5. The quantitative estimate of drug-likeness (QED) is 0.831. The first-order valence-electron chi connectivity index (χ1n) is 6.42. The number of nitrogens with zero attached hydrogens (tertiary/aromatic N) is 3. The number of carboxylic acid groups (broad SMARTS) is 1. The second-order valence-corrected chi connectivity index (χ2v) is 5.50. The van der Waals surface area contributed by atoms with Crippen molar-refractivity contribution in [3.8, 4) is 0 Å². The Bertz CT molecular complexity index is 611. The number of carbonyl (C=O) groups is 1. The summed E-state index contributed by atoms with van der Waals surface area (Å²) in [7, 11) is 3.82. The van der Waals surface area contributed by atoms with Gasteiger partial charge in [0.25, 0.3) is 0 Å². The molecule has 0 spiro atoms. The summed E-state index contributed by atoms with van der Waals surface area (Å²) in [5.41, 5.74) is 2.99. The molecule has 1 heterocycles. The summed E-state index contributed by atoms with van der Waals surface area (Å²) in [6.07, 6.45) is 1.90. The van der Waals surface area contributed by atoms with Gasteiger partial charge in [-0.05, 0) is 24.7 Å². The lowest BCUT2D eigenvalue weighted by Gasteiger charge is -2.19. The molecule has 1 N–H and O–H groups in total. The Labute approximate surface area is 122 Å². The maximum Gasteiger partial charge on any atom is 0.304 e. The molecule has 1 aromatic heterocycles. The Morgan fingerprint density at radius 3 is 3.00 bits per heavy atom. The van der Waals surface area contributed by atoms with Crippen LogP contribution in [0.2, 0.25) is 0 Å². The number of hydrogen-bond donors (Lipinski definition) is 1.